The molecule has 502 valence electrons. The van der Waals surface area contributed by atoms with Gasteiger partial charge in [-0.1, -0.05) is 102 Å². The van der Waals surface area contributed by atoms with Crippen molar-refractivity contribution in [2.75, 3.05) is 62.3 Å². The number of methoxy groups -OCH3 is 6. The number of aromatic amines is 3. The van der Waals surface area contributed by atoms with Crippen LogP contribution in [-0.4, -0.2) is 161 Å². The summed E-state index contributed by atoms with van der Waals surface area (Å²) >= 11 is 0. The molecule has 3 aromatic rings. The molecule has 89 heavy (non-hydrogen) atoms. The molecular formula is C67H111N9O13. The third-order valence-electron chi connectivity index (χ3n) is 17.6. The van der Waals surface area contributed by atoms with Gasteiger partial charge >= 0.3 is 23.9 Å². The van der Waals surface area contributed by atoms with Crippen LogP contribution in [0.5, 0.6) is 0 Å². The van der Waals surface area contributed by atoms with Crippen LogP contribution in [0.1, 0.15) is 238 Å². The molecular weight excluding hydrogens is 1140 g/mol. The smallest absolute Gasteiger partial charge is 0.306 e. The average molecular weight is 1250 g/mol. The van der Waals surface area contributed by atoms with E-state index in [0.717, 1.165) is 78.7 Å². The van der Waals surface area contributed by atoms with Gasteiger partial charge < -0.3 is 58.1 Å². The molecule has 3 aliphatic heterocycles. The van der Waals surface area contributed by atoms with Crippen molar-refractivity contribution in [3.63, 3.8) is 0 Å². The first-order valence-corrected chi connectivity index (χ1v) is 31.9. The maximum absolute atomic E-state index is 13.2. The first kappa shape index (κ1) is 76.8. The van der Waals surface area contributed by atoms with E-state index >= 15 is 0 Å². The number of nitrogens with zero attached hydrogens (tertiary/aromatic N) is 6. The summed E-state index contributed by atoms with van der Waals surface area (Å²) in [5, 5.41) is 0. The topological polar surface area (TPSA) is 271 Å². The number of aromatic nitrogens is 6. The molecule has 0 radical (unpaired) electrons. The van der Waals surface area contributed by atoms with Crippen molar-refractivity contribution < 1.29 is 62.0 Å². The summed E-state index contributed by atoms with van der Waals surface area (Å²) in [6.45, 7) is 36.6. The van der Waals surface area contributed by atoms with Crippen LogP contribution in [0.3, 0.4) is 0 Å². The molecule has 0 aliphatic carbocycles. The highest BCUT2D eigenvalue weighted by Gasteiger charge is 2.43. The second-order valence-corrected chi connectivity index (χ2v) is 26.4. The number of carbonyl (C=O) groups is 7. The first-order valence-electron chi connectivity index (χ1n) is 31.9. The second-order valence-electron chi connectivity index (χ2n) is 26.4. The molecule has 22 heteroatoms. The van der Waals surface area contributed by atoms with Gasteiger partial charge in [0, 0.05) is 75.4 Å². The molecule has 0 unspecified atom stereocenters. The monoisotopic (exact) mass is 1250 g/mol. The SMILES string of the molecule is C=C(C(C)C)[C@@H](CC(=O)OC)[C@@H](C)OC.COC(=O)C[C@H](C(=O)N1CCC[C@H]1c1ncc(C(C)C)[nH]1)C(C)(C)C.COC(=O)C[C@H](C(=O)N1CCC[C@H]1c1ncc(C(C)C)[nH]1)C(C)C.COC(=O)C[C@H](C(=O)N1CCC[C@H]1c1ncc(C(C)C)[nH]1)[C@@H](C)OC. The molecule has 6 heterocycles. The van der Waals surface area contributed by atoms with Gasteiger partial charge in [0.25, 0.3) is 0 Å². The fraction of sp³-hybridized carbons (Fsp3) is 0.731. The van der Waals surface area contributed by atoms with Gasteiger partial charge in [0.2, 0.25) is 17.7 Å². The Bertz CT molecular complexity index is 2720. The predicted molar refractivity (Wildman–Crippen MR) is 341 cm³/mol. The highest BCUT2D eigenvalue weighted by Crippen LogP contribution is 2.39. The number of ether oxygens (including phenoxy) is 6. The van der Waals surface area contributed by atoms with Crippen molar-refractivity contribution in [3.05, 3.63) is 65.3 Å². The summed E-state index contributed by atoms with van der Waals surface area (Å²) in [4.78, 5) is 115. The Morgan fingerprint density at radius 1 is 0.483 bits per heavy atom. The number of H-pyrrole nitrogens is 3. The van der Waals surface area contributed by atoms with Crippen molar-refractivity contribution in [2.24, 2.45) is 40.9 Å². The summed E-state index contributed by atoms with van der Waals surface area (Å²) in [6.07, 6.45) is 11.2. The van der Waals surface area contributed by atoms with Crippen LogP contribution >= 0.6 is 0 Å². The van der Waals surface area contributed by atoms with E-state index in [0.29, 0.717) is 49.7 Å². The number of nitrogens with one attached hydrogen (secondary N) is 3. The molecule has 0 bridgehead atoms. The molecule has 3 amide bonds. The Kier molecular flexibility index (Phi) is 31.4. The van der Waals surface area contributed by atoms with Gasteiger partial charge in [0.05, 0.1) is 102 Å². The van der Waals surface area contributed by atoms with Crippen LogP contribution in [-0.2, 0) is 62.0 Å². The number of carbonyl (C=O) groups excluding carboxylic acids is 7. The number of esters is 4. The molecule has 3 fully saturated rings. The summed E-state index contributed by atoms with van der Waals surface area (Å²) in [5.41, 5.74) is 3.95. The second kappa shape index (κ2) is 36.4. The Balaban J connectivity index is 0.000000315. The molecule has 3 aliphatic rings. The van der Waals surface area contributed by atoms with E-state index in [2.05, 4.69) is 96.6 Å². The lowest BCUT2D eigenvalue weighted by molar-refractivity contribution is -0.151. The Morgan fingerprint density at radius 3 is 1.08 bits per heavy atom. The van der Waals surface area contributed by atoms with Crippen LogP contribution in [0.4, 0.5) is 0 Å². The van der Waals surface area contributed by atoms with Crippen LogP contribution in [0.25, 0.3) is 0 Å². The minimum absolute atomic E-state index is 0.0148. The van der Waals surface area contributed by atoms with Crippen molar-refractivity contribution in [1.82, 2.24) is 44.6 Å². The number of hydrogen-bond donors (Lipinski definition) is 3. The fourth-order valence-electron chi connectivity index (χ4n) is 11.2. The first-order chi connectivity index (χ1) is 41.8. The lowest BCUT2D eigenvalue weighted by Gasteiger charge is -2.34. The fourth-order valence-corrected chi connectivity index (χ4v) is 11.2. The summed E-state index contributed by atoms with van der Waals surface area (Å²) in [6, 6.07) is -0.143. The summed E-state index contributed by atoms with van der Waals surface area (Å²) in [7, 11) is 8.64. The van der Waals surface area contributed by atoms with Gasteiger partial charge in [0.1, 0.15) is 17.5 Å². The van der Waals surface area contributed by atoms with Crippen LogP contribution in [0.2, 0.25) is 0 Å². The number of likely N-dealkylation sites (tertiary alicyclic amines) is 3. The van der Waals surface area contributed by atoms with Gasteiger partial charge in [-0.05, 0) is 87.4 Å². The van der Waals surface area contributed by atoms with E-state index in [9.17, 15) is 33.6 Å². The molecule has 0 spiro atoms. The molecule has 3 N–H and O–H groups in total. The van der Waals surface area contributed by atoms with E-state index in [1.54, 1.807) is 21.1 Å². The molecule has 0 saturated carbocycles. The highest BCUT2D eigenvalue weighted by molar-refractivity contribution is 5.86. The van der Waals surface area contributed by atoms with E-state index in [-0.39, 0.29) is 108 Å². The van der Waals surface area contributed by atoms with Gasteiger partial charge in [-0.2, -0.15) is 0 Å². The minimum atomic E-state index is -0.558. The minimum Gasteiger partial charge on any atom is -0.469 e. The van der Waals surface area contributed by atoms with E-state index in [1.165, 1.54) is 28.4 Å². The summed E-state index contributed by atoms with van der Waals surface area (Å²) < 4.78 is 29.6. The largest absolute Gasteiger partial charge is 0.469 e. The maximum atomic E-state index is 13.2. The van der Waals surface area contributed by atoms with Gasteiger partial charge in [-0.3, -0.25) is 33.6 Å². The number of rotatable bonds is 24. The van der Waals surface area contributed by atoms with Gasteiger partial charge in [0.15, 0.2) is 0 Å². The van der Waals surface area contributed by atoms with E-state index in [1.807, 2.05) is 74.8 Å². The van der Waals surface area contributed by atoms with Crippen molar-refractivity contribution in [1.29, 1.82) is 0 Å². The van der Waals surface area contributed by atoms with Crippen molar-refractivity contribution in [3.8, 4) is 0 Å². The lowest BCUT2D eigenvalue weighted by Crippen LogP contribution is -2.42. The summed E-state index contributed by atoms with van der Waals surface area (Å²) in [5.74, 6) is 1.43. The zero-order valence-electron chi connectivity index (χ0n) is 57.7. The van der Waals surface area contributed by atoms with Crippen LogP contribution in [0, 0.1) is 40.9 Å². The third-order valence-corrected chi connectivity index (χ3v) is 17.6. The van der Waals surface area contributed by atoms with Crippen molar-refractivity contribution in [2.45, 2.75) is 216 Å². The maximum Gasteiger partial charge on any atom is 0.306 e. The van der Waals surface area contributed by atoms with Gasteiger partial charge in [-0.25, -0.2) is 15.0 Å². The average Bonchev–Trinajstić information content (AvgIpc) is 2.03. The number of amides is 3. The normalized spacial score (nSPS) is 18.7. The lowest BCUT2D eigenvalue weighted by atomic mass is 9.77. The van der Waals surface area contributed by atoms with Crippen LogP contribution in [0.15, 0.2) is 30.7 Å². The number of imidazole rings is 3. The van der Waals surface area contributed by atoms with E-state index in [4.69, 9.17) is 23.7 Å². The molecule has 22 nitrogen and oxygen atoms in total. The zero-order valence-corrected chi connectivity index (χ0v) is 57.7. The molecule has 3 aromatic heterocycles. The Labute approximate surface area is 530 Å². The highest BCUT2D eigenvalue weighted by atomic mass is 16.5. The Hall–Kier alpha value is -6.42. The van der Waals surface area contributed by atoms with Gasteiger partial charge in [-0.15, -0.1) is 0 Å². The Morgan fingerprint density at radius 2 is 0.787 bits per heavy atom. The molecule has 6 rings (SSSR count). The predicted octanol–water partition coefficient (Wildman–Crippen LogP) is 11.3. The van der Waals surface area contributed by atoms with E-state index < -0.39 is 17.8 Å². The molecule has 0 aromatic carbocycles. The molecule has 3 saturated heterocycles. The molecule has 9 atom stereocenters. The van der Waals surface area contributed by atoms with Crippen LogP contribution < -0.4 is 0 Å². The zero-order chi connectivity index (χ0) is 67.2. The van der Waals surface area contributed by atoms with Crippen molar-refractivity contribution >= 4 is 41.6 Å². The standard InChI is InChI=1S/C19H31N3O3.C18H29N3O4.C18H29N3O3.C12H22O3/c1-12(2)14-11-20-17(21-14)15-8-7-9-22(15)18(24)13(19(3,4)5)10-16(23)25-6;1-11(2)14-10-19-17(20-14)15-7-6-8-21(15)18(23)13(12(3)24-4)9-16(22)25-5;1-11(2)13(9-16(22)24-5)18(23)21-8-6-7-15(21)17-19-10-14(20-17)12(3)4;1-8(2)9(3)11(10(4)14-5)7-12(13)15-6/h11-13,15H,7-10H2,1-6H3,(H,20,21);10-13,15H,6-9H2,1-5H3,(H,19,20);10-13,15H,6-9H2,1-5H3,(H,19,20);8,10-11H,3,7H2,1-2,4-6H3/t13-,15+;12-,13+,15+;13-,15-;10-,11-/m1101/s1. The quantitative estimate of drug-likeness (QED) is 0.0427. The number of hydrogen-bond acceptors (Lipinski definition) is 16. The third kappa shape index (κ3) is 22.2.